The number of carbonyl (C=O) groups excluding carboxylic acids is 1. The maximum absolute atomic E-state index is 12.7. The van der Waals surface area contributed by atoms with Gasteiger partial charge < -0.3 is 9.72 Å². The predicted octanol–water partition coefficient (Wildman–Crippen LogP) is 3.48. The van der Waals surface area contributed by atoms with Crippen LogP contribution in [0.4, 0.5) is 0 Å². The summed E-state index contributed by atoms with van der Waals surface area (Å²) in [5.41, 5.74) is 2.00. The number of Topliss-reactive ketones (excluding diaryl/α,β-unsaturated/α-hetero) is 1. The molecule has 0 saturated carbocycles. The number of H-pyrrole nitrogens is 1. The van der Waals surface area contributed by atoms with Crippen LogP contribution in [0.5, 0.6) is 5.75 Å². The van der Waals surface area contributed by atoms with Gasteiger partial charge in [0.2, 0.25) is 0 Å². The molecule has 142 valence electrons. The number of alkyl halides is 1. The molecule has 3 aromatic rings. The highest BCUT2D eigenvalue weighted by atomic mass is 79.9. The Labute approximate surface area is 164 Å². The predicted molar refractivity (Wildman–Crippen MR) is 108 cm³/mol. The monoisotopic (exact) mass is 432 g/mol. The van der Waals surface area contributed by atoms with Crippen LogP contribution in [-0.2, 0) is 6.54 Å². The van der Waals surface area contributed by atoms with Crippen LogP contribution in [0.1, 0.15) is 36.3 Å². The van der Waals surface area contributed by atoms with Gasteiger partial charge in [0.1, 0.15) is 17.0 Å². The van der Waals surface area contributed by atoms with E-state index in [4.69, 9.17) is 4.74 Å². The average molecular weight is 433 g/mol. The molecule has 2 heterocycles. The maximum Gasteiger partial charge on any atom is 0.262 e. The molecule has 0 aliphatic rings. The molecule has 0 unspecified atom stereocenters. The number of ether oxygens (including phenoxy) is 1. The Kier molecular flexibility index (Phi) is 5.74. The molecule has 0 bridgehead atoms. The molecule has 1 aromatic carbocycles. The number of benzene rings is 1. The molecule has 0 amide bonds. The van der Waals surface area contributed by atoms with Crippen molar-refractivity contribution in [1.29, 1.82) is 0 Å². The minimum absolute atomic E-state index is 0.0591. The third-order valence-corrected chi connectivity index (χ3v) is 4.73. The van der Waals surface area contributed by atoms with E-state index >= 15 is 0 Å². The van der Waals surface area contributed by atoms with Crippen molar-refractivity contribution < 1.29 is 9.53 Å². The summed E-state index contributed by atoms with van der Waals surface area (Å²) in [5, 5.41) is 5.07. The lowest BCUT2D eigenvalue weighted by Gasteiger charge is -2.12. The van der Waals surface area contributed by atoms with Gasteiger partial charge in [0.15, 0.2) is 11.4 Å². The zero-order valence-corrected chi connectivity index (χ0v) is 17.1. The van der Waals surface area contributed by atoms with E-state index in [0.29, 0.717) is 52.6 Å². The summed E-state index contributed by atoms with van der Waals surface area (Å²) in [5.74, 6) is 0.873. The Morgan fingerprint density at radius 1 is 1.33 bits per heavy atom. The fourth-order valence-electron chi connectivity index (χ4n) is 2.90. The molecule has 0 fully saturated rings. The van der Waals surface area contributed by atoms with E-state index in [9.17, 15) is 9.59 Å². The first-order valence-corrected chi connectivity index (χ1v) is 9.96. The highest BCUT2D eigenvalue weighted by molar-refractivity contribution is 9.09. The first-order valence-electron chi connectivity index (χ1n) is 8.83. The SMILES string of the molecule is CCCOc1ccc(C(=O)CBr)cc1-c1nc2c(c(C)nn2CC)c(=O)[nH]1. The first kappa shape index (κ1) is 19.3. The number of rotatable bonds is 7. The van der Waals surface area contributed by atoms with E-state index < -0.39 is 0 Å². The lowest BCUT2D eigenvalue weighted by molar-refractivity contribution is 0.102. The van der Waals surface area contributed by atoms with Crippen molar-refractivity contribution in [2.24, 2.45) is 0 Å². The second kappa shape index (κ2) is 8.04. The Balaban J connectivity index is 2.24. The minimum Gasteiger partial charge on any atom is -0.493 e. The Hall–Kier alpha value is -2.48. The number of hydrogen-bond acceptors (Lipinski definition) is 5. The van der Waals surface area contributed by atoms with Crippen LogP contribution in [0.25, 0.3) is 22.4 Å². The summed E-state index contributed by atoms with van der Waals surface area (Å²) in [4.78, 5) is 32.2. The van der Waals surface area contributed by atoms with Crippen molar-refractivity contribution in [3.63, 3.8) is 0 Å². The van der Waals surface area contributed by atoms with Gasteiger partial charge in [-0.25, -0.2) is 9.67 Å². The minimum atomic E-state index is -0.258. The fraction of sp³-hybridized carbons (Fsp3) is 0.368. The number of ketones is 1. The summed E-state index contributed by atoms with van der Waals surface area (Å²) >= 11 is 3.19. The number of nitrogens with zero attached hydrogens (tertiary/aromatic N) is 3. The van der Waals surface area contributed by atoms with E-state index in [2.05, 4.69) is 31.0 Å². The molecule has 0 spiro atoms. The number of aromatic nitrogens is 4. The van der Waals surface area contributed by atoms with Crippen molar-refractivity contribution in [2.75, 3.05) is 11.9 Å². The summed E-state index contributed by atoms with van der Waals surface area (Å²) in [6, 6.07) is 5.17. The Morgan fingerprint density at radius 2 is 2.11 bits per heavy atom. The Bertz CT molecular complexity index is 1060. The number of hydrogen-bond donors (Lipinski definition) is 1. The van der Waals surface area contributed by atoms with Gasteiger partial charge in [-0.1, -0.05) is 22.9 Å². The van der Waals surface area contributed by atoms with Gasteiger partial charge in [-0.3, -0.25) is 9.59 Å². The van der Waals surface area contributed by atoms with Gasteiger partial charge in [0.25, 0.3) is 5.56 Å². The second-order valence-electron chi connectivity index (χ2n) is 6.13. The third-order valence-electron chi connectivity index (χ3n) is 4.22. The molecular formula is C19H21BrN4O3. The molecule has 8 heteroatoms. The smallest absolute Gasteiger partial charge is 0.262 e. The molecule has 0 atom stereocenters. The number of halogens is 1. The molecular weight excluding hydrogens is 412 g/mol. The van der Waals surface area contributed by atoms with Gasteiger partial charge in [-0.05, 0) is 38.5 Å². The number of fused-ring (bicyclic) bond motifs is 1. The van der Waals surface area contributed by atoms with E-state index in [1.807, 2.05) is 13.8 Å². The summed E-state index contributed by atoms with van der Waals surface area (Å²) in [6.07, 6.45) is 0.840. The van der Waals surface area contributed by atoms with Crippen LogP contribution in [-0.4, -0.2) is 37.5 Å². The van der Waals surface area contributed by atoms with Crippen LogP contribution >= 0.6 is 15.9 Å². The molecule has 2 aromatic heterocycles. The molecule has 0 radical (unpaired) electrons. The normalized spacial score (nSPS) is 11.1. The van der Waals surface area contributed by atoms with Gasteiger partial charge >= 0.3 is 0 Å². The summed E-state index contributed by atoms with van der Waals surface area (Å²) in [6.45, 7) is 6.87. The second-order valence-corrected chi connectivity index (χ2v) is 6.69. The number of aromatic amines is 1. The molecule has 7 nitrogen and oxygen atoms in total. The molecule has 27 heavy (non-hydrogen) atoms. The average Bonchev–Trinajstić information content (AvgIpc) is 3.01. The summed E-state index contributed by atoms with van der Waals surface area (Å²) < 4.78 is 7.51. The van der Waals surface area contributed by atoms with E-state index in [0.717, 1.165) is 6.42 Å². The van der Waals surface area contributed by atoms with Crippen LogP contribution in [0.15, 0.2) is 23.0 Å². The van der Waals surface area contributed by atoms with Crippen molar-refractivity contribution in [3.8, 4) is 17.1 Å². The highest BCUT2D eigenvalue weighted by Gasteiger charge is 2.18. The van der Waals surface area contributed by atoms with Gasteiger partial charge in [0, 0.05) is 12.1 Å². The van der Waals surface area contributed by atoms with Crippen molar-refractivity contribution in [2.45, 2.75) is 33.7 Å². The molecule has 0 saturated heterocycles. The van der Waals surface area contributed by atoms with Crippen LogP contribution in [0, 0.1) is 6.92 Å². The van der Waals surface area contributed by atoms with Crippen LogP contribution in [0.3, 0.4) is 0 Å². The lowest BCUT2D eigenvalue weighted by atomic mass is 10.1. The maximum atomic E-state index is 12.7. The van der Waals surface area contributed by atoms with E-state index in [1.54, 1.807) is 29.8 Å². The molecule has 0 aliphatic heterocycles. The molecule has 3 rings (SSSR count). The first-order chi connectivity index (χ1) is 13.0. The van der Waals surface area contributed by atoms with Crippen LogP contribution in [0.2, 0.25) is 0 Å². The van der Waals surface area contributed by atoms with Gasteiger partial charge in [-0.2, -0.15) is 5.10 Å². The summed E-state index contributed by atoms with van der Waals surface area (Å²) in [7, 11) is 0. The van der Waals surface area contributed by atoms with Gasteiger partial charge in [0.05, 0.1) is 23.2 Å². The number of nitrogens with one attached hydrogen (secondary N) is 1. The Morgan fingerprint density at radius 3 is 2.78 bits per heavy atom. The number of aryl methyl sites for hydroxylation is 2. The van der Waals surface area contributed by atoms with E-state index in [-0.39, 0.29) is 16.7 Å². The highest BCUT2D eigenvalue weighted by Crippen LogP contribution is 2.30. The largest absolute Gasteiger partial charge is 0.493 e. The van der Waals surface area contributed by atoms with Gasteiger partial charge in [-0.15, -0.1) is 0 Å². The van der Waals surface area contributed by atoms with E-state index in [1.165, 1.54) is 0 Å². The lowest BCUT2D eigenvalue weighted by Crippen LogP contribution is -2.12. The fourth-order valence-corrected chi connectivity index (χ4v) is 3.23. The molecule has 1 N–H and O–H groups in total. The zero-order chi connectivity index (χ0) is 19.6. The van der Waals surface area contributed by atoms with Crippen molar-refractivity contribution in [1.82, 2.24) is 19.7 Å². The zero-order valence-electron chi connectivity index (χ0n) is 15.5. The standard InChI is InChI=1S/C19H21BrN4O3/c1-4-8-27-15-7-6-12(14(25)10-20)9-13(15)17-21-18-16(19(26)22-17)11(3)23-24(18)5-2/h6-7,9H,4-5,8,10H2,1-3H3,(H,21,22,26). The number of carbonyl (C=O) groups is 1. The quantitative estimate of drug-likeness (QED) is 0.455. The third kappa shape index (κ3) is 3.66. The molecule has 0 aliphatic carbocycles. The van der Waals surface area contributed by atoms with Crippen molar-refractivity contribution in [3.05, 3.63) is 39.8 Å². The van der Waals surface area contributed by atoms with Crippen LogP contribution < -0.4 is 10.3 Å². The topological polar surface area (TPSA) is 89.9 Å². The van der Waals surface area contributed by atoms with Crippen molar-refractivity contribution >= 4 is 32.7 Å².